The molecule has 1 aliphatic rings. The van der Waals surface area contributed by atoms with Gasteiger partial charge in [-0.05, 0) is 6.42 Å². The van der Waals surface area contributed by atoms with Crippen molar-refractivity contribution < 1.29 is 24.2 Å². The quantitative estimate of drug-likeness (QED) is 0.534. The fraction of sp³-hybridized carbons (Fsp3) is 0.846. The fourth-order valence-corrected chi connectivity index (χ4v) is 1.71. The van der Waals surface area contributed by atoms with Gasteiger partial charge >= 0.3 is 5.97 Å². The van der Waals surface area contributed by atoms with Gasteiger partial charge in [-0.15, -0.1) is 0 Å². The lowest BCUT2D eigenvalue weighted by molar-refractivity contribution is -0.170. The van der Waals surface area contributed by atoms with E-state index in [0.717, 1.165) is 12.8 Å². The molecule has 0 bridgehead atoms. The Labute approximate surface area is 113 Å². The van der Waals surface area contributed by atoms with Crippen LogP contribution in [0.5, 0.6) is 0 Å². The summed E-state index contributed by atoms with van der Waals surface area (Å²) >= 11 is 0. The average Bonchev–Trinajstić information content (AvgIpc) is 2.52. The first kappa shape index (κ1) is 15.9. The molecule has 0 aliphatic carbocycles. The minimum atomic E-state index is -0.996. The third-order valence-electron chi connectivity index (χ3n) is 3.13. The molecule has 1 unspecified atom stereocenters. The Hall–Kier alpha value is -1.14. The molecule has 0 aromatic heterocycles. The molecule has 19 heavy (non-hydrogen) atoms. The lowest BCUT2D eigenvalue weighted by atomic mass is 9.87. The minimum Gasteiger partial charge on any atom is -0.450 e. The van der Waals surface area contributed by atoms with E-state index in [0.29, 0.717) is 6.61 Å². The number of ether oxygens (including phenoxy) is 2. The van der Waals surface area contributed by atoms with Crippen molar-refractivity contribution in [3.05, 3.63) is 0 Å². The van der Waals surface area contributed by atoms with E-state index in [2.05, 4.69) is 5.32 Å². The monoisotopic (exact) mass is 273 g/mol. The number of esters is 1. The van der Waals surface area contributed by atoms with Gasteiger partial charge in [-0.2, -0.15) is 0 Å². The van der Waals surface area contributed by atoms with Crippen LogP contribution in [0, 0.1) is 5.41 Å². The Morgan fingerprint density at radius 1 is 1.47 bits per heavy atom. The Bertz CT molecular complexity index is 329. The SMILES string of the molecule is CCCCOC1CNC(=O)[C@@H](C(C)(C)CO)OC1=O. The number of unbranched alkanes of at least 4 members (excludes halogenated alkanes) is 1. The summed E-state index contributed by atoms with van der Waals surface area (Å²) in [7, 11) is 0. The largest absolute Gasteiger partial charge is 0.450 e. The molecule has 6 heteroatoms. The third kappa shape index (κ3) is 4.18. The first-order valence-corrected chi connectivity index (χ1v) is 6.63. The number of carbonyl (C=O) groups excluding carboxylic acids is 2. The molecule has 0 radical (unpaired) electrons. The molecule has 0 saturated carbocycles. The zero-order chi connectivity index (χ0) is 14.5. The van der Waals surface area contributed by atoms with Crippen molar-refractivity contribution in [2.75, 3.05) is 19.8 Å². The van der Waals surface area contributed by atoms with E-state index in [9.17, 15) is 14.7 Å². The molecule has 1 fully saturated rings. The van der Waals surface area contributed by atoms with E-state index in [4.69, 9.17) is 9.47 Å². The van der Waals surface area contributed by atoms with Crippen molar-refractivity contribution in [3.63, 3.8) is 0 Å². The number of amides is 1. The molecular weight excluding hydrogens is 250 g/mol. The maximum atomic E-state index is 11.9. The van der Waals surface area contributed by atoms with Crippen molar-refractivity contribution in [1.82, 2.24) is 5.32 Å². The average molecular weight is 273 g/mol. The number of rotatable bonds is 6. The predicted octanol–water partition coefficient (Wildman–Crippen LogP) is 0.232. The molecule has 0 aromatic carbocycles. The molecule has 1 heterocycles. The maximum absolute atomic E-state index is 11.9. The predicted molar refractivity (Wildman–Crippen MR) is 68.4 cm³/mol. The van der Waals surface area contributed by atoms with Gasteiger partial charge in [0.15, 0.2) is 12.2 Å². The molecule has 110 valence electrons. The van der Waals surface area contributed by atoms with Gasteiger partial charge in [0.2, 0.25) is 0 Å². The van der Waals surface area contributed by atoms with E-state index in [1.54, 1.807) is 13.8 Å². The second-order valence-corrected chi connectivity index (χ2v) is 5.42. The zero-order valence-electron chi connectivity index (χ0n) is 11.8. The Balaban J connectivity index is 2.68. The highest BCUT2D eigenvalue weighted by molar-refractivity contribution is 5.88. The summed E-state index contributed by atoms with van der Waals surface area (Å²) in [6.07, 6.45) is 0.0529. The molecule has 1 saturated heterocycles. The van der Waals surface area contributed by atoms with E-state index in [1.807, 2.05) is 6.92 Å². The Morgan fingerprint density at radius 2 is 2.16 bits per heavy atom. The van der Waals surface area contributed by atoms with Crippen LogP contribution >= 0.6 is 0 Å². The second-order valence-electron chi connectivity index (χ2n) is 5.42. The van der Waals surface area contributed by atoms with Gasteiger partial charge in [-0.3, -0.25) is 4.79 Å². The highest BCUT2D eigenvalue weighted by Gasteiger charge is 2.42. The molecule has 1 rings (SSSR count). The minimum absolute atomic E-state index is 0.111. The summed E-state index contributed by atoms with van der Waals surface area (Å²) < 4.78 is 10.6. The topological polar surface area (TPSA) is 84.9 Å². The number of carbonyl (C=O) groups is 2. The maximum Gasteiger partial charge on any atom is 0.337 e. The van der Waals surface area contributed by atoms with E-state index >= 15 is 0 Å². The Morgan fingerprint density at radius 3 is 2.74 bits per heavy atom. The number of nitrogens with one attached hydrogen (secondary N) is 1. The van der Waals surface area contributed by atoms with Gasteiger partial charge in [0.05, 0.1) is 13.2 Å². The standard InChI is InChI=1S/C13H23NO5/c1-4-5-6-18-9-7-14-11(16)10(19-12(9)17)13(2,3)8-15/h9-10,15H,4-8H2,1-3H3,(H,14,16)/t9?,10-/m0/s1. The summed E-state index contributed by atoms with van der Waals surface area (Å²) in [4.78, 5) is 23.8. The van der Waals surface area contributed by atoms with Gasteiger partial charge < -0.3 is 19.9 Å². The normalized spacial score (nSPS) is 24.6. The van der Waals surface area contributed by atoms with Crippen LogP contribution in [-0.4, -0.2) is 48.9 Å². The van der Waals surface area contributed by atoms with Gasteiger partial charge in [0.1, 0.15) is 0 Å². The van der Waals surface area contributed by atoms with E-state index < -0.39 is 29.5 Å². The summed E-state index contributed by atoms with van der Waals surface area (Å²) in [6.45, 7) is 5.68. The summed E-state index contributed by atoms with van der Waals surface area (Å²) in [5.74, 6) is -0.949. The molecule has 0 aromatic rings. The first-order valence-electron chi connectivity index (χ1n) is 6.63. The smallest absolute Gasteiger partial charge is 0.337 e. The van der Waals surface area contributed by atoms with Crippen LogP contribution in [0.25, 0.3) is 0 Å². The molecule has 0 spiro atoms. The van der Waals surface area contributed by atoms with Crippen LogP contribution in [-0.2, 0) is 19.1 Å². The zero-order valence-corrected chi connectivity index (χ0v) is 11.8. The Kier molecular flexibility index (Phi) is 5.75. The number of aliphatic hydroxyl groups excluding tert-OH is 1. The van der Waals surface area contributed by atoms with Crippen molar-refractivity contribution in [2.45, 2.75) is 45.8 Å². The molecule has 6 nitrogen and oxygen atoms in total. The lowest BCUT2D eigenvalue weighted by Gasteiger charge is -2.29. The van der Waals surface area contributed by atoms with Crippen molar-refractivity contribution in [1.29, 1.82) is 0 Å². The molecule has 1 amide bonds. The van der Waals surface area contributed by atoms with Crippen LogP contribution in [0.3, 0.4) is 0 Å². The number of hydrogen-bond acceptors (Lipinski definition) is 5. The van der Waals surface area contributed by atoms with Crippen LogP contribution in [0.1, 0.15) is 33.6 Å². The van der Waals surface area contributed by atoms with Crippen LogP contribution < -0.4 is 5.32 Å². The lowest BCUT2D eigenvalue weighted by Crippen LogP contribution is -2.46. The highest BCUT2D eigenvalue weighted by Crippen LogP contribution is 2.24. The van der Waals surface area contributed by atoms with Crippen LogP contribution in [0.15, 0.2) is 0 Å². The molecular formula is C13H23NO5. The highest BCUT2D eigenvalue weighted by atomic mass is 16.6. The van der Waals surface area contributed by atoms with Crippen molar-refractivity contribution in [3.8, 4) is 0 Å². The van der Waals surface area contributed by atoms with Gasteiger partial charge in [-0.25, -0.2) is 4.79 Å². The van der Waals surface area contributed by atoms with Gasteiger partial charge in [0, 0.05) is 12.0 Å². The summed E-state index contributed by atoms with van der Waals surface area (Å²) in [5.41, 5.74) is -0.821. The van der Waals surface area contributed by atoms with Gasteiger partial charge in [-0.1, -0.05) is 27.2 Å². The molecule has 2 atom stereocenters. The summed E-state index contributed by atoms with van der Waals surface area (Å²) in [5, 5.41) is 11.9. The van der Waals surface area contributed by atoms with Crippen molar-refractivity contribution in [2.24, 2.45) is 5.41 Å². The second kappa shape index (κ2) is 6.86. The van der Waals surface area contributed by atoms with E-state index in [1.165, 1.54) is 0 Å². The summed E-state index contributed by atoms with van der Waals surface area (Å²) in [6, 6.07) is 0. The number of cyclic esters (lactones) is 1. The van der Waals surface area contributed by atoms with Gasteiger partial charge in [0.25, 0.3) is 5.91 Å². The van der Waals surface area contributed by atoms with Crippen molar-refractivity contribution >= 4 is 11.9 Å². The van der Waals surface area contributed by atoms with Crippen LogP contribution in [0.2, 0.25) is 0 Å². The molecule has 1 aliphatic heterocycles. The number of hydrogen-bond donors (Lipinski definition) is 2. The fourth-order valence-electron chi connectivity index (χ4n) is 1.71. The van der Waals surface area contributed by atoms with E-state index in [-0.39, 0.29) is 13.2 Å². The first-order chi connectivity index (χ1) is 8.92. The molecule has 2 N–H and O–H groups in total. The third-order valence-corrected chi connectivity index (χ3v) is 3.13. The van der Waals surface area contributed by atoms with Crippen LogP contribution in [0.4, 0.5) is 0 Å². The number of aliphatic hydroxyl groups is 1.